The monoisotopic (exact) mass is 354 g/mol. The number of nitrogens with one attached hydrogen (secondary N) is 1. The lowest BCUT2D eigenvalue weighted by molar-refractivity contribution is -0.100. The van der Waals surface area contributed by atoms with Gasteiger partial charge in [-0.3, -0.25) is 4.84 Å². The van der Waals surface area contributed by atoms with E-state index in [1.54, 1.807) is 19.2 Å². The maximum Gasteiger partial charge on any atom is 0.218 e. The average Bonchev–Trinajstić information content (AvgIpc) is 2.93. The molecule has 2 rings (SSSR count). The van der Waals surface area contributed by atoms with Gasteiger partial charge >= 0.3 is 0 Å². The molecule has 0 aromatic heterocycles. The molecule has 0 unspecified atom stereocenters. The Kier molecular flexibility index (Phi) is 6.40. The van der Waals surface area contributed by atoms with Crippen LogP contribution in [0.2, 0.25) is 0 Å². The Balaban J connectivity index is 2.12. The van der Waals surface area contributed by atoms with E-state index in [0.29, 0.717) is 6.54 Å². The van der Waals surface area contributed by atoms with Crippen LogP contribution in [0.25, 0.3) is 6.08 Å². The lowest BCUT2D eigenvalue weighted by Crippen LogP contribution is -2.43. The zero-order valence-corrected chi connectivity index (χ0v) is 15.4. The van der Waals surface area contributed by atoms with Gasteiger partial charge in [0, 0.05) is 13.6 Å². The molecule has 0 aliphatic carbocycles. The second-order valence-corrected chi connectivity index (χ2v) is 8.27. The molecule has 1 aliphatic heterocycles. The van der Waals surface area contributed by atoms with E-state index in [1.807, 2.05) is 50.3 Å². The Morgan fingerprint density at radius 3 is 2.62 bits per heavy atom. The Labute approximate surface area is 144 Å². The van der Waals surface area contributed by atoms with Crippen molar-refractivity contribution < 1.29 is 18.0 Å². The van der Waals surface area contributed by atoms with E-state index >= 15 is 0 Å². The Morgan fingerprint density at radius 1 is 1.38 bits per heavy atom. The van der Waals surface area contributed by atoms with Crippen molar-refractivity contribution in [1.82, 2.24) is 9.79 Å². The first-order valence-corrected chi connectivity index (χ1v) is 9.54. The van der Waals surface area contributed by atoms with E-state index in [4.69, 9.17) is 9.57 Å². The van der Waals surface area contributed by atoms with Crippen LogP contribution in [0.4, 0.5) is 0 Å². The van der Waals surface area contributed by atoms with Crippen LogP contribution in [0.5, 0.6) is 5.75 Å². The van der Waals surface area contributed by atoms with E-state index in [2.05, 4.69) is 4.72 Å². The fraction of sp³-hybridized carbons (Fsp3) is 0.529. The first kappa shape index (κ1) is 18.9. The van der Waals surface area contributed by atoms with Crippen LogP contribution >= 0.6 is 0 Å². The standard InChI is InChI=1S/C17H26N2O4S/c1-13(2)11-18-24(20,21)17-12-23-19(3)16(17)10-7-14-5-8-15(22-4)9-6-14/h5-10,13,16-18H,11-12H2,1-4H3/b10-7+/t16-,17+/m0/s1. The van der Waals surface area contributed by atoms with Crippen LogP contribution in [0, 0.1) is 5.92 Å². The molecule has 0 bridgehead atoms. The predicted molar refractivity (Wildman–Crippen MR) is 95.1 cm³/mol. The van der Waals surface area contributed by atoms with E-state index in [0.717, 1.165) is 11.3 Å². The van der Waals surface area contributed by atoms with Crippen LogP contribution in [0.3, 0.4) is 0 Å². The third-order valence-electron chi connectivity index (χ3n) is 3.94. The summed E-state index contributed by atoms with van der Waals surface area (Å²) in [5.74, 6) is 1.04. The summed E-state index contributed by atoms with van der Waals surface area (Å²) in [6.07, 6.45) is 3.77. The highest BCUT2D eigenvalue weighted by atomic mass is 32.2. The summed E-state index contributed by atoms with van der Waals surface area (Å²) < 4.78 is 32.9. The SMILES string of the molecule is COc1ccc(/C=C/[C@H]2[C@H](S(=O)(=O)NCC(C)C)CON2C)cc1. The molecular weight excluding hydrogens is 328 g/mol. The number of rotatable bonds is 7. The van der Waals surface area contributed by atoms with Crippen molar-refractivity contribution in [2.24, 2.45) is 5.92 Å². The van der Waals surface area contributed by atoms with Gasteiger partial charge in [0.1, 0.15) is 11.0 Å². The number of ether oxygens (including phenoxy) is 1. The normalized spacial score (nSPS) is 22.5. The highest BCUT2D eigenvalue weighted by Gasteiger charge is 2.40. The van der Waals surface area contributed by atoms with Crippen LogP contribution < -0.4 is 9.46 Å². The number of hydroxylamine groups is 2. The molecule has 1 aromatic rings. The number of sulfonamides is 1. The Bertz CT molecular complexity index is 656. The van der Waals surface area contributed by atoms with E-state index < -0.39 is 15.3 Å². The van der Waals surface area contributed by atoms with Gasteiger partial charge in [-0.05, 0) is 23.6 Å². The number of hydrogen-bond donors (Lipinski definition) is 1. The minimum Gasteiger partial charge on any atom is -0.497 e. The van der Waals surface area contributed by atoms with Gasteiger partial charge in [0.05, 0.1) is 19.8 Å². The summed E-state index contributed by atoms with van der Waals surface area (Å²) in [4.78, 5) is 5.44. The van der Waals surface area contributed by atoms with Crippen molar-refractivity contribution in [3.05, 3.63) is 35.9 Å². The molecule has 1 saturated heterocycles. The quantitative estimate of drug-likeness (QED) is 0.810. The zero-order valence-electron chi connectivity index (χ0n) is 14.6. The summed E-state index contributed by atoms with van der Waals surface area (Å²) in [5.41, 5.74) is 0.974. The number of likely N-dealkylation sites (N-methyl/N-ethyl adjacent to an activating group) is 1. The molecule has 1 N–H and O–H groups in total. The molecule has 0 amide bonds. The topological polar surface area (TPSA) is 67.9 Å². The molecule has 0 radical (unpaired) electrons. The highest BCUT2D eigenvalue weighted by Crippen LogP contribution is 2.22. The van der Waals surface area contributed by atoms with Crippen LogP contribution in [0.15, 0.2) is 30.3 Å². The largest absolute Gasteiger partial charge is 0.497 e. The minimum absolute atomic E-state index is 0.154. The van der Waals surface area contributed by atoms with Gasteiger partial charge in [-0.1, -0.05) is 38.1 Å². The van der Waals surface area contributed by atoms with Crippen LogP contribution in [-0.2, 0) is 14.9 Å². The molecule has 1 fully saturated rings. The number of hydrogen-bond acceptors (Lipinski definition) is 5. The molecule has 6 nitrogen and oxygen atoms in total. The highest BCUT2D eigenvalue weighted by molar-refractivity contribution is 7.90. The third kappa shape index (κ3) is 4.80. The van der Waals surface area contributed by atoms with Crippen molar-refractivity contribution in [3.63, 3.8) is 0 Å². The average molecular weight is 354 g/mol. The Hall–Kier alpha value is -1.41. The number of nitrogens with zero attached hydrogens (tertiary/aromatic N) is 1. The molecule has 24 heavy (non-hydrogen) atoms. The van der Waals surface area contributed by atoms with Gasteiger partial charge in [-0.15, -0.1) is 0 Å². The van der Waals surface area contributed by atoms with E-state index in [-0.39, 0.29) is 18.6 Å². The second-order valence-electron chi connectivity index (χ2n) is 6.29. The fourth-order valence-electron chi connectivity index (χ4n) is 2.44. The number of methoxy groups -OCH3 is 1. The van der Waals surface area contributed by atoms with Gasteiger partial charge < -0.3 is 4.74 Å². The molecule has 7 heteroatoms. The third-order valence-corrected chi connectivity index (χ3v) is 5.72. The zero-order chi connectivity index (χ0) is 17.7. The van der Waals surface area contributed by atoms with Crippen molar-refractivity contribution in [2.45, 2.75) is 25.1 Å². The van der Waals surface area contributed by atoms with Crippen LogP contribution in [-0.4, -0.2) is 52.1 Å². The molecule has 1 aliphatic rings. The summed E-state index contributed by atoms with van der Waals surface area (Å²) in [6, 6.07) is 7.24. The first-order chi connectivity index (χ1) is 11.3. The maximum atomic E-state index is 12.5. The smallest absolute Gasteiger partial charge is 0.218 e. The molecule has 0 spiro atoms. The molecule has 1 heterocycles. The van der Waals surface area contributed by atoms with E-state index in [1.165, 1.54) is 0 Å². The van der Waals surface area contributed by atoms with Gasteiger partial charge in [-0.2, -0.15) is 5.06 Å². The van der Waals surface area contributed by atoms with Gasteiger partial charge in [-0.25, -0.2) is 13.1 Å². The first-order valence-electron chi connectivity index (χ1n) is 8.00. The molecule has 0 saturated carbocycles. The van der Waals surface area contributed by atoms with Crippen molar-refractivity contribution in [1.29, 1.82) is 0 Å². The summed E-state index contributed by atoms with van der Waals surface area (Å²) in [7, 11) is -0.0688. The summed E-state index contributed by atoms with van der Waals surface area (Å²) in [6.45, 7) is 4.53. The van der Waals surface area contributed by atoms with Gasteiger partial charge in [0.2, 0.25) is 10.0 Å². The fourth-order valence-corrected chi connectivity index (χ4v) is 4.09. The summed E-state index contributed by atoms with van der Waals surface area (Å²) >= 11 is 0. The van der Waals surface area contributed by atoms with Crippen molar-refractivity contribution in [2.75, 3.05) is 27.3 Å². The molecule has 1 aromatic carbocycles. The maximum absolute atomic E-state index is 12.5. The Morgan fingerprint density at radius 2 is 2.04 bits per heavy atom. The summed E-state index contributed by atoms with van der Waals surface area (Å²) in [5, 5.41) is 0.968. The lowest BCUT2D eigenvalue weighted by atomic mass is 10.1. The lowest BCUT2D eigenvalue weighted by Gasteiger charge is -2.20. The van der Waals surface area contributed by atoms with Gasteiger partial charge in [0.15, 0.2) is 0 Å². The molecule has 134 valence electrons. The van der Waals surface area contributed by atoms with Crippen molar-refractivity contribution in [3.8, 4) is 5.75 Å². The van der Waals surface area contributed by atoms with Crippen molar-refractivity contribution >= 4 is 16.1 Å². The minimum atomic E-state index is -3.44. The predicted octanol–water partition coefficient (Wildman–Crippen LogP) is 1.90. The second kappa shape index (κ2) is 8.11. The van der Waals surface area contributed by atoms with Gasteiger partial charge in [0.25, 0.3) is 0 Å². The van der Waals surface area contributed by atoms with Crippen LogP contribution in [0.1, 0.15) is 19.4 Å². The van der Waals surface area contributed by atoms with E-state index in [9.17, 15) is 8.42 Å². The molecular formula is C17H26N2O4S. The number of benzene rings is 1. The molecule has 2 atom stereocenters.